The van der Waals surface area contributed by atoms with Gasteiger partial charge in [0.2, 0.25) is 0 Å². The lowest BCUT2D eigenvalue weighted by molar-refractivity contribution is 0.0978. The van der Waals surface area contributed by atoms with E-state index in [4.69, 9.17) is 0 Å². The number of aromatic nitrogens is 1. The first-order valence-corrected chi connectivity index (χ1v) is 9.41. The first-order chi connectivity index (χ1) is 12.7. The third-order valence-electron chi connectivity index (χ3n) is 4.74. The molecular weight excluding hydrogens is 386 g/mol. The summed E-state index contributed by atoms with van der Waals surface area (Å²) in [5.41, 5.74) is 4.14. The van der Waals surface area contributed by atoms with E-state index in [1.165, 1.54) is 0 Å². The summed E-state index contributed by atoms with van der Waals surface area (Å²) in [5.74, 6) is 0.163. The molecule has 3 aromatic carbocycles. The lowest BCUT2D eigenvalue weighted by Gasteiger charge is -2.17. The number of carbonyl (C=O) groups is 1. The van der Waals surface area contributed by atoms with Crippen molar-refractivity contribution < 1.29 is 4.79 Å². The van der Waals surface area contributed by atoms with Gasteiger partial charge in [-0.05, 0) is 29.3 Å². The molecule has 1 heterocycles. The Labute approximate surface area is 161 Å². The van der Waals surface area contributed by atoms with Gasteiger partial charge in [0.1, 0.15) is 0 Å². The van der Waals surface area contributed by atoms with Gasteiger partial charge in [0.15, 0.2) is 5.78 Å². The fourth-order valence-electron chi connectivity index (χ4n) is 3.42. The molecule has 1 N–H and O–H groups in total. The molecule has 1 aromatic heterocycles. The number of nitrogens with one attached hydrogen (secondary N) is 1. The van der Waals surface area contributed by atoms with E-state index in [2.05, 4.69) is 45.2 Å². The van der Waals surface area contributed by atoms with Gasteiger partial charge in [0.25, 0.3) is 0 Å². The van der Waals surface area contributed by atoms with E-state index in [9.17, 15) is 4.79 Å². The van der Waals surface area contributed by atoms with Crippen LogP contribution < -0.4 is 0 Å². The second-order valence-electron chi connectivity index (χ2n) is 6.39. The lowest BCUT2D eigenvalue weighted by Crippen LogP contribution is -2.09. The van der Waals surface area contributed by atoms with Gasteiger partial charge in [-0.25, -0.2) is 0 Å². The van der Waals surface area contributed by atoms with Crippen LogP contribution in [0.1, 0.15) is 33.8 Å². The lowest BCUT2D eigenvalue weighted by atomic mass is 9.85. The van der Waals surface area contributed by atoms with Gasteiger partial charge >= 0.3 is 0 Å². The molecule has 26 heavy (non-hydrogen) atoms. The average Bonchev–Trinajstić information content (AvgIpc) is 3.10. The molecule has 4 rings (SSSR count). The molecule has 0 aliphatic heterocycles. The summed E-state index contributed by atoms with van der Waals surface area (Å²) in [6, 6.07) is 26.0. The maximum Gasteiger partial charge on any atom is 0.163 e. The fraction of sp³-hybridized carbons (Fsp3) is 0.0870. The van der Waals surface area contributed by atoms with Crippen LogP contribution in [0.4, 0.5) is 0 Å². The van der Waals surface area contributed by atoms with Crippen molar-refractivity contribution in [3.05, 3.63) is 106 Å². The second-order valence-corrected chi connectivity index (χ2v) is 7.31. The summed E-state index contributed by atoms with van der Waals surface area (Å²) in [7, 11) is 0. The molecule has 0 aliphatic rings. The van der Waals surface area contributed by atoms with Crippen LogP contribution in [-0.2, 0) is 0 Å². The molecule has 0 radical (unpaired) electrons. The number of rotatable bonds is 5. The Morgan fingerprint density at radius 2 is 1.62 bits per heavy atom. The monoisotopic (exact) mass is 403 g/mol. The number of benzene rings is 3. The van der Waals surface area contributed by atoms with Gasteiger partial charge in [0, 0.05) is 39.5 Å². The van der Waals surface area contributed by atoms with Gasteiger partial charge in [-0.15, -0.1) is 0 Å². The highest BCUT2D eigenvalue weighted by Gasteiger charge is 2.22. The summed E-state index contributed by atoms with van der Waals surface area (Å²) < 4.78 is 1.03. The Hall–Kier alpha value is -2.65. The summed E-state index contributed by atoms with van der Waals surface area (Å²) in [6.07, 6.45) is 2.47. The minimum atomic E-state index is 0.00644. The predicted molar refractivity (Wildman–Crippen MR) is 110 cm³/mol. The van der Waals surface area contributed by atoms with Crippen LogP contribution in [0.25, 0.3) is 10.9 Å². The number of halogens is 1. The molecule has 0 spiro atoms. The molecule has 0 bridgehead atoms. The number of H-pyrrole nitrogens is 1. The molecule has 2 nitrogen and oxygen atoms in total. The molecule has 0 aliphatic carbocycles. The predicted octanol–water partition coefficient (Wildman–Crippen LogP) is 6.34. The zero-order chi connectivity index (χ0) is 17.9. The molecule has 0 saturated carbocycles. The van der Waals surface area contributed by atoms with Gasteiger partial charge in [-0.3, -0.25) is 4.79 Å². The zero-order valence-electron chi connectivity index (χ0n) is 14.2. The number of hydrogen-bond donors (Lipinski definition) is 1. The van der Waals surface area contributed by atoms with E-state index in [0.717, 1.165) is 32.1 Å². The molecule has 1 atom stereocenters. The minimum absolute atomic E-state index is 0.00644. The summed E-state index contributed by atoms with van der Waals surface area (Å²) >= 11 is 3.56. The van der Waals surface area contributed by atoms with Crippen molar-refractivity contribution in [1.82, 2.24) is 4.98 Å². The zero-order valence-corrected chi connectivity index (χ0v) is 15.7. The first kappa shape index (κ1) is 16.8. The maximum atomic E-state index is 12.9. The van der Waals surface area contributed by atoms with Crippen molar-refractivity contribution in [1.29, 1.82) is 0 Å². The summed E-state index contributed by atoms with van der Waals surface area (Å²) in [4.78, 5) is 16.3. The van der Waals surface area contributed by atoms with E-state index in [-0.39, 0.29) is 11.7 Å². The number of aromatic amines is 1. The topological polar surface area (TPSA) is 32.9 Å². The molecule has 0 fully saturated rings. The smallest absolute Gasteiger partial charge is 0.163 e. The van der Waals surface area contributed by atoms with Crippen LogP contribution in [0.15, 0.2) is 89.5 Å². The molecule has 128 valence electrons. The van der Waals surface area contributed by atoms with Crippen molar-refractivity contribution >= 4 is 32.6 Å². The standard InChI is InChI=1S/C23H18BrNO/c24-18-11-12-22-20(13-18)21(15-25-22)19(16-7-3-1-4-8-16)14-23(26)17-9-5-2-6-10-17/h1-13,15,19,25H,14H2. The molecule has 0 saturated heterocycles. The highest BCUT2D eigenvalue weighted by Crippen LogP contribution is 2.35. The number of Topliss-reactive ketones (excluding diaryl/α,β-unsaturated/α-hetero) is 1. The maximum absolute atomic E-state index is 12.9. The van der Waals surface area contributed by atoms with Crippen LogP contribution in [0, 0.1) is 0 Å². The van der Waals surface area contributed by atoms with Crippen molar-refractivity contribution in [2.75, 3.05) is 0 Å². The van der Waals surface area contributed by atoms with E-state index in [1.807, 2.05) is 60.8 Å². The van der Waals surface area contributed by atoms with Crippen LogP contribution in [0.5, 0.6) is 0 Å². The third kappa shape index (κ3) is 3.35. The Balaban J connectivity index is 1.78. The van der Waals surface area contributed by atoms with Crippen LogP contribution >= 0.6 is 15.9 Å². The van der Waals surface area contributed by atoms with Gasteiger partial charge < -0.3 is 4.98 Å². The quantitative estimate of drug-likeness (QED) is 0.387. The summed E-state index contributed by atoms with van der Waals surface area (Å²) in [6.45, 7) is 0. The molecule has 3 heteroatoms. The van der Waals surface area contributed by atoms with Crippen molar-refractivity contribution in [2.24, 2.45) is 0 Å². The summed E-state index contributed by atoms with van der Waals surface area (Å²) in [5, 5.41) is 1.15. The highest BCUT2D eigenvalue weighted by molar-refractivity contribution is 9.10. The van der Waals surface area contributed by atoms with Crippen molar-refractivity contribution in [3.63, 3.8) is 0 Å². The largest absolute Gasteiger partial charge is 0.361 e. The molecule has 0 amide bonds. The second kappa shape index (κ2) is 7.30. The fourth-order valence-corrected chi connectivity index (χ4v) is 3.78. The molecular formula is C23H18BrNO. The number of fused-ring (bicyclic) bond motifs is 1. The average molecular weight is 404 g/mol. The molecule has 1 unspecified atom stereocenters. The van der Waals surface area contributed by atoms with Crippen molar-refractivity contribution in [3.8, 4) is 0 Å². The Kier molecular flexibility index (Phi) is 4.72. The number of hydrogen-bond acceptors (Lipinski definition) is 1. The molecule has 4 aromatic rings. The Morgan fingerprint density at radius 3 is 2.35 bits per heavy atom. The van der Waals surface area contributed by atoms with E-state index < -0.39 is 0 Å². The Bertz CT molecular complexity index is 1040. The van der Waals surface area contributed by atoms with Gasteiger partial charge in [0.05, 0.1) is 0 Å². The SMILES string of the molecule is O=C(CC(c1ccccc1)c1c[nH]c2ccc(Br)cc12)c1ccccc1. The van der Waals surface area contributed by atoms with Gasteiger partial charge in [-0.1, -0.05) is 76.6 Å². The van der Waals surface area contributed by atoms with Crippen LogP contribution in [-0.4, -0.2) is 10.8 Å². The number of carbonyl (C=O) groups excluding carboxylic acids is 1. The van der Waals surface area contributed by atoms with Crippen molar-refractivity contribution in [2.45, 2.75) is 12.3 Å². The minimum Gasteiger partial charge on any atom is -0.361 e. The van der Waals surface area contributed by atoms with E-state index in [1.54, 1.807) is 0 Å². The van der Waals surface area contributed by atoms with Crippen LogP contribution in [0.3, 0.4) is 0 Å². The Morgan fingerprint density at radius 1 is 0.923 bits per heavy atom. The normalized spacial score (nSPS) is 12.2. The van der Waals surface area contributed by atoms with Crippen LogP contribution in [0.2, 0.25) is 0 Å². The van der Waals surface area contributed by atoms with Gasteiger partial charge in [-0.2, -0.15) is 0 Å². The first-order valence-electron chi connectivity index (χ1n) is 8.62. The van der Waals surface area contributed by atoms with E-state index in [0.29, 0.717) is 6.42 Å². The third-order valence-corrected chi connectivity index (χ3v) is 5.23. The highest BCUT2D eigenvalue weighted by atomic mass is 79.9. The number of ketones is 1. The van der Waals surface area contributed by atoms with E-state index >= 15 is 0 Å².